The number of hydroxylamine groups is 1. The van der Waals surface area contributed by atoms with Crippen molar-refractivity contribution in [3.8, 4) is 0 Å². The molecule has 1 aliphatic rings. The van der Waals surface area contributed by atoms with Gasteiger partial charge < -0.3 is 10.3 Å². The molecule has 1 atom stereocenters. The van der Waals surface area contributed by atoms with E-state index < -0.39 is 12.0 Å². The van der Waals surface area contributed by atoms with E-state index in [0.717, 1.165) is 18.4 Å². The molecule has 4 nitrogen and oxygen atoms in total. The van der Waals surface area contributed by atoms with Gasteiger partial charge >= 0.3 is 5.97 Å². The Morgan fingerprint density at radius 1 is 1.62 bits per heavy atom. The first-order valence-electron chi connectivity index (χ1n) is 4.22. The summed E-state index contributed by atoms with van der Waals surface area (Å²) in [5.41, 5.74) is 2.73. The lowest BCUT2D eigenvalue weighted by atomic mass is 10.0. The minimum Gasteiger partial charge on any atom is -0.480 e. The molecule has 1 aliphatic carbocycles. The SMILES string of the molecule is O=C(O)[C@H](CC1=CCCC=C1)NO. The summed E-state index contributed by atoms with van der Waals surface area (Å²) in [4.78, 5) is 10.5. The summed E-state index contributed by atoms with van der Waals surface area (Å²) in [6.07, 6.45) is 8.18. The molecule has 72 valence electrons. The van der Waals surface area contributed by atoms with Gasteiger partial charge in [-0.25, -0.2) is 0 Å². The zero-order valence-corrected chi connectivity index (χ0v) is 7.23. The molecule has 0 aromatic heterocycles. The van der Waals surface area contributed by atoms with E-state index in [1.54, 1.807) is 5.48 Å². The predicted octanol–water partition coefficient (Wildman–Crippen LogP) is 1.08. The van der Waals surface area contributed by atoms with Gasteiger partial charge in [-0.15, -0.1) is 0 Å². The Labute approximate surface area is 76.5 Å². The van der Waals surface area contributed by atoms with Crippen LogP contribution in [0.4, 0.5) is 0 Å². The van der Waals surface area contributed by atoms with Gasteiger partial charge in [0.15, 0.2) is 0 Å². The first kappa shape index (κ1) is 9.95. The van der Waals surface area contributed by atoms with Crippen LogP contribution in [-0.4, -0.2) is 22.3 Å². The van der Waals surface area contributed by atoms with Crippen molar-refractivity contribution in [2.24, 2.45) is 0 Å². The maximum atomic E-state index is 10.5. The van der Waals surface area contributed by atoms with Crippen molar-refractivity contribution in [3.05, 3.63) is 23.8 Å². The van der Waals surface area contributed by atoms with Gasteiger partial charge in [-0.3, -0.25) is 4.79 Å². The second-order valence-corrected chi connectivity index (χ2v) is 2.98. The maximum Gasteiger partial charge on any atom is 0.323 e. The van der Waals surface area contributed by atoms with E-state index in [4.69, 9.17) is 10.3 Å². The predicted molar refractivity (Wildman–Crippen MR) is 47.4 cm³/mol. The molecule has 0 saturated carbocycles. The van der Waals surface area contributed by atoms with Crippen molar-refractivity contribution < 1.29 is 15.1 Å². The van der Waals surface area contributed by atoms with Crippen molar-refractivity contribution >= 4 is 5.97 Å². The fraction of sp³-hybridized carbons (Fsp3) is 0.444. The molecule has 4 heteroatoms. The monoisotopic (exact) mass is 183 g/mol. The third kappa shape index (κ3) is 3.01. The number of carboxylic acid groups (broad SMARTS) is 1. The van der Waals surface area contributed by atoms with Crippen LogP contribution in [0.15, 0.2) is 23.8 Å². The molecule has 0 aromatic rings. The van der Waals surface area contributed by atoms with Gasteiger partial charge in [0, 0.05) is 6.42 Å². The number of carboxylic acids is 1. The highest BCUT2D eigenvalue weighted by Gasteiger charge is 2.17. The number of hydrogen-bond acceptors (Lipinski definition) is 3. The summed E-state index contributed by atoms with van der Waals surface area (Å²) < 4.78 is 0. The van der Waals surface area contributed by atoms with Crippen LogP contribution in [0.25, 0.3) is 0 Å². The Hall–Kier alpha value is -1.13. The number of carbonyl (C=O) groups is 1. The molecule has 0 radical (unpaired) electrons. The molecule has 0 bridgehead atoms. The maximum absolute atomic E-state index is 10.5. The van der Waals surface area contributed by atoms with E-state index in [1.165, 1.54) is 0 Å². The number of allylic oxidation sites excluding steroid dienone is 3. The average Bonchev–Trinajstić information content (AvgIpc) is 2.15. The standard InChI is InChI=1S/C9H13NO3/c11-9(12)8(10-13)6-7-4-2-1-3-5-7/h2,4-5,8,10,13H,1,3,6H2,(H,11,12)/t8-/m0/s1. The smallest absolute Gasteiger partial charge is 0.323 e. The normalized spacial score (nSPS) is 18.1. The highest BCUT2D eigenvalue weighted by atomic mass is 16.5. The Kier molecular flexibility index (Phi) is 3.67. The van der Waals surface area contributed by atoms with E-state index >= 15 is 0 Å². The summed E-state index contributed by atoms with van der Waals surface area (Å²) in [7, 11) is 0. The second kappa shape index (κ2) is 4.79. The molecular formula is C9H13NO3. The molecule has 3 N–H and O–H groups in total. The highest BCUT2D eigenvalue weighted by Crippen LogP contribution is 2.14. The molecule has 0 heterocycles. The summed E-state index contributed by atoms with van der Waals surface area (Å²) >= 11 is 0. The first-order chi connectivity index (χ1) is 6.24. The molecule has 0 spiro atoms. The molecule has 1 rings (SSSR count). The minimum absolute atomic E-state index is 0.322. The zero-order chi connectivity index (χ0) is 9.68. The van der Waals surface area contributed by atoms with E-state index in [-0.39, 0.29) is 0 Å². The molecule has 0 amide bonds. The molecule has 13 heavy (non-hydrogen) atoms. The lowest BCUT2D eigenvalue weighted by molar-refractivity contribution is -0.142. The van der Waals surface area contributed by atoms with E-state index in [1.807, 2.05) is 18.2 Å². The van der Waals surface area contributed by atoms with Gasteiger partial charge in [0.05, 0.1) is 0 Å². The lowest BCUT2D eigenvalue weighted by Gasteiger charge is -2.12. The second-order valence-electron chi connectivity index (χ2n) is 2.98. The largest absolute Gasteiger partial charge is 0.480 e. The molecule has 0 unspecified atom stereocenters. The van der Waals surface area contributed by atoms with Gasteiger partial charge in [0.2, 0.25) is 0 Å². The van der Waals surface area contributed by atoms with E-state index in [2.05, 4.69) is 0 Å². The third-order valence-electron chi connectivity index (χ3n) is 1.97. The van der Waals surface area contributed by atoms with E-state index in [0.29, 0.717) is 6.42 Å². The summed E-state index contributed by atoms with van der Waals surface area (Å²) in [6.45, 7) is 0. The van der Waals surface area contributed by atoms with Crippen LogP contribution in [0.5, 0.6) is 0 Å². The van der Waals surface area contributed by atoms with Gasteiger partial charge in [0.1, 0.15) is 6.04 Å². The van der Waals surface area contributed by atoms with Gasteiger partial charge in [-0.2, -0.15) is 5.48 Å². The van der Waals surface area contributed by atoms with Crippen molar-refractivity contribution in [1.82, 2.24) is 5.48 Å². The quantitative estimate of drug-likeness (QED) is 0.570. The van der Waals surface area contributed by atoms with Gasteiger partial charge in [0.25, 0.3) is 0 Å². The van der Waals surface area contributed by atoms with Crippen molar-refractivity contribution in [1.29, 1.82) is 0 Å². The number of hydrogen-bond donors (Lipinski definition) is 3. The molecule has 0 aromatic carbocycles. The Bertz CT molecular complexity index is 245. The van der Waals surface area contributed by atoms with E-state index in [9.17, 15) is 4.79 Å². The summed E-state index contributed by atoms with van der Waals surface area (Å²) in [5, 5.41) is 17.2. The van der Waals surface area contributed by atoms with Crippen LogP contribution in [0.3, 0.4) is 0 Å². The van der Waals surface area contributed by atoms with Gasteiger partial charge in [-0.05, 0) is 12.8 Å². The number of aliphatic carboxylic acids is 1. The lowest BCUT2D eigenvalue weighted by Crippen LogP contribution is -2.34. The number of nitrogens with one attached hydrogen (secondary N) is 1. The van der Waals surface area contributed by atoms with Crippen molar-refractivity contribution in [2.75, 3.05) is 0 Å². The fourth-order valence-electron chi connectivity index (χ4n) is 1.24. The van der Waals surface area contributed by atoms with Crippen LogP contribution < -0.4 is 5.48 Å². The van der Waals surface area contributed by atoms with Crippen LogP contribution in [0.1, 0.15) is 19.3 Å². The Balaban J connectivity index is 2.50. The molecule has 0 aliphatic heterocycles. The molecule has 0 fully saturated rings. The Morgan fingerprint density at radius 3 is 2.85 bits per heavy atom. The van der Waals surface area contributed by atoms with Crippen molar-refractivity contribution in [3.63, 3.8) is 0 Å². The first-order valence-corrected chi connectivity index (χ1v) is 4.22. The topological polar surface area (TPSA) is 69.6 Å². The zero-order valence-electron chi connectivity index (χ0n) is 7.23. The van der Waals surface area contributed by atoms with Crippen LogP contribution in [0, 0.1) is 0 Å². The fourth-order valence-corrected chi connectivity index (χ4v) is 1.24. The van der Waals surface area contributed by atoms with Crippen molar-refractivity contribution in [2.45, 2.75) is 25.3 Å². The molecular weight excluding hydrogens is 170 g/mol. The third-order valence-corrected chi connectivity index (χ3v) is 1.97. The summed E-state index contributed by atoms with van der Waals surface area (Å²) in [5.74, 6) is -1.04. The summed E-state index contributed by atoms with van der Waals surface area (Å²) in [6, 6.07) is -0.908. The van der Waals surface area contributed by atoms with Gasteiger partial charge in [-0.1, -0.05) is 23.8 Å². The molecule has 0 saturated heterocycles. The number of rotatable bonds is 4. The van der Waals surface area contributed by atoms with Crippen LogP contribution in [0.2, 0.25) is 0 Å². The highest BCUT2D eigenvalue weighted by molar-refractivity contribution is 5.73. The van der Waals surface area contributed by atoms with Crippen LogP contribution in [-0.2, 0) is 4.79 Å². The average molecular weight is 183 g/mol. The van der Waals surface area contributed by atoms with Crippen LogP contribution >= 0.6 is 0 Å². The Morgan fingerprint density at radius 2 is 2.38 bits per heavy atom. The minimum atomic E-state index is -1.04.